The first kappa shape index (κ1) is 17.1. The van der Waals surface area contributed by atoms with Gasteiger partial charge in [-0.3, -0.25) is 0 Å². The minimum Gasteiger partial charge on any atom is -0.383 e. The number of aryl methyl sites for hydroxylation is 1. The average molecular weight is 329 g/mol. The highest BCUT2D eigenvalue weighted by Crippen LogP contribution is 2.28. The molecule has 24 heavy (non-hydrogen) atoms. The van der Waals surface area contributed by atoms with Gasteiger partial charge >= 0.3 is 0 Å². The molecule has 1 fully saturated rings. The van der Waals surface area contributed by atoms with Crippen molar-refractivity contribution in [1.82, 2.24) is 14.9 Å². The van der Waals surface area contributed by atoms with Gasteiger partial charge in [0, 0.05) is 32.8 Å². The molecule has 1 aliphatic rings. The van der Waals surface area contributed by atoms with E-state index < -0.39 is 0 Å². The van der Waals surface area contributed by atoms with E-state index in [-0.39, 0.29) is 6.10 Å². The summed E-state index contributed by atoms with van der Waals surface area (Å²) in [4.78, 5) is 4.21. The molecule has 0 aliphatic carbocycles. The standard InChI is InChI=1S/C19H27N3O2/c1-22-14-20-12-18(22)19-11-16(8-9-24-19)21-17(13-23-2)10-15-6-4-3-5-7-15/h3-7,12,14,16-17,19,21H,8-11,13H2,1-2H3/t16-,17+,19+/m1/s1. The summed E-state index contributed by atoms with van der Waals surface area (Å²) in [5.41, 5.74) is 2.48. The molecule has 5 nitrogen and oxygen atoms in total. The summed E-state index contributed by atoms with van der Waals surface area (Å²) in [6.45, 7) is 1.49. The van der Waals surface area contributed by atoms with E-state index in [1.807, 2.05) is 24.1 Å². The van der Waals surface area contributed by atoms with Gasteiger partial charge in [0.1, 0.15) is 6.10 Å². The van der Waals surface area contributed by atoms with Crippen LogP contribution in [0.5, 0.6) is 0 Å². The van der Waals surface area contributed by atoms with Crippen molar-refractivity contribution in [3.63, 3.8) is 0 Å². The summed E-state index contributed by atoms with van der Waals surface area (Å²) in [5.74, 6) is 0. The SMILES string of the molecule is COC[C@H](Cc1ccccc1)N[C@@H]1CCO[C@H](c2cncn2C)C1. The molecule has 2 heterocycles. The lowest BCUT2D eigenvalue weighted by Gasteiger charge is -2.33. The molecule has 0 bridgehead atoms. The van der Waals surface area contributed by atoms with E-state index in [0.717, 1.165) is 31.6 Å². The van der Waals surface area contributed by atoms with Crippen LogP contribution in [0.15, 0.2) is 42.9 Å². The Labute approximate surface area is 144 Å². The number of nitrogens with one attached hydrogen (secondary N) is 1. The van der Waals surface area contributed by atoms with Crippen molar-refractivity contribution in [2.45, 2.75) is 37.5 Å². The highest BCUT2D eigenvalue weighted by atomic mass is 16.5. The zero-order chi connectivity index (χ0) is 16.8. The molecule has 1 aromatic heterocycles. The zero-order valence-electron chi connectivity index (χ0n) is 14.5. The normalized spacial score (nSPS) is 22.4. The Bertz CT molecular complexity index is 614. The van der Waals surface area contributed by atoms with Gasteiger partial charge in [-0.15, -0.1) is 0 Å². The molecule has 0 saturated carbocycles. The summed E-state index contributed by atoms with van der Waals surface area (Å²) >= 11 is 0. The van der Waals surface area contributed by atoms with E-state index in [2.05, 4.69) is 40.6 Å². The number of nitrogens with zero attached hydrogens (tertiary/aromatic N) is 2. The third-order valence-corrected chi connectivity index (χ3v) is 4.63. The first-order chi connectivity index (χ1) is 11.8. The lowest BCUT2D eigenvalue weighted by Crippen LogP contribution is -2.45. The molecule has 3 rings (SSSR count). The second-order valence-electron chi connectivity index (χ2n) is 6.52. The minimum absolute atomic E-state index is 0.115. The molecule has 2 aromatic rings. The number of aromatic nitrogens is 2. The number of ether oxygens (including phenoxy) is 2. The lowest BCUT2D eigenvalue weighted by atomic mass is 9.98. The van der Waals surface area contributed by atoms with Crippen LogP contribution in [0.4, 0.5) is 0 Å². The van der Waals surface area contributed by atoms with Gasteiger partial charge in [-0.25, -0.2) is 4.98 Å². The number of hydrogen-bond acceptors (Lipinski definition) is 4. The summed E-state index contributed by atoms with van der Waals surface area (Å²) in [5, 5.41) is 3.78. The topological polar surface area (TPSA) is 48.3 Å². The van der Waals surface area contributed by atoms with Crippen LogP contribution in [0.2, 0.25) is 0 Å². The van der Waals surface area contributed by atoms with Crippen LogP contribution in [0.25, 0.3) is 0 Å². The summed E-state index contributed by atoms with van der Waals surface area (Å²) in [7, 11) is 3.79. The number of benzene rings is 1. The number of methoxy groups -OCH3 is 1. The van der Waals surface area contributed by atoms with E-state index in [9.17, 15) is 0 Å². The van der Waals surface area contributed by atoms with Crippen molar-refractivity contribution in [3.8, 4) is 0 Å². The maximum atomic E-state index is 5.96. The maximum absolute atomic E-state index is 5.96. The van der Waals surface area contributed by atoms with Gasteiger partial charge in [0.25, 0.3) is 0 Å². The Hall–Kier alpha value is -1.69. The highest BCUT2D eigenvalue weighted by molar-refractivity contribution is 5.16. The molecule has 130 valence electrons. The van der Waals surface area contributed by atoms with Crippen molar-refractivity contribution in [2.24, 2.45) is 7.05 Å². The third-order valence-electron chi connectivity index (χ3n) is 4.63. The fourth-order valence-corrected chi connectivity index (χ4v) is 3.43. The maximum Gasteiger partial charge on any atom is 0.100 e. The molecule has 0 unspecified atom stereocenters. The number of imidazole rings is 1. The van der Waals surface area contributed by atoms with Crippen molar-refractivity contribution >= 4 is 0 Å². The molecular formula is C19H27N3O2. The van der Waals surface area contributed by atoms with Crippen LogP contribution in [-0.4, -0.2) is 42.0 Å². The molecule has 5 heteroatoms. The Morgan fingerprint density at radius 3 is 2.92 bits per heavy atom. The molecule has 1 aromatic carbocycles. The smallest absolute Gasteiger partial charge is 0.100 e. The Morgan fingerprint density at radius 2 is 2.21 bits per heavy atom. The van der Waals surface area contributed by atoms with Crippen molar-refractivity contribution in [1.29, 1.82) is 0 Å². The van der Waals surface area contributed by atoms with Crippen molar-refractivity contribution in [3.05, 3.63) is 54.1 Å². The first-order valence-corrected chi connectivity index (χ1v) is 8.63. The lowest BCUT2D eigenvalue weighted by molar-refractivity contribution is -0.00755. The molecule has 1 saturated heterocycles. The Morgan fingerprint density at radius 1 is 1.38 bits per heavy atom. The average Bonchev–Trinajstić information content (AvgIpc) is 3.02. The van der Waals surface area contributed by atoms with E-state index >= 15 is 0 Å². The van der Waals surface area contributed by atoms with Gasteiger partial charge in [0.15, 0.2) is 0 Å². The van der Waals surface area contributed by atoms with E-state index in [1.165, 1.54) is 5.56 Å². The Kier molecular flexibility index (Phi) is 6.01. The van der Waals surface area contributed by atoms with Crippen LogP contribution < -0.4 is 5.32 Å². The van der Waals surface area contributed by atoms with Crippen LogP contribution in [-0.2, 0) is 22.9 Å². The largest absolute Gasteiger partial charge is 0.383 e. The molecule has 1 N–H and O–H groups in total. The molecule has 0 radical (unpaired) electrons. The van der Waals surface area contributed by atoms with Gasteiger partial charge in [-0.05, 0) is 24.8 Å². The van der Waals surface area contributed by atoms with E-state index in [1.54, 1.807) is 7.11 Å². The van der Waals surface area contributed by atoms with Crippen molar-refractivity contribution in [2.75, 3.05) is 20.3 Å². The highest BCUT2D eigenvalue weighted by Gasteiger charge is 2.27. The molecule has 1 aliphatic heterocycles. The van der Waals surface area contributed by atoms with Gasteiger partial charge in [-0.2, -0.15) is 0 Å². The second-order valence-corrected chi connectivity index (χ2v) is 6.52. The molecule has 0 amide bonds. The Balaban J connectivity index is 1.60. The second kappa shape index (κ2) is 8.42. The minimum atomic E-state index is 0.115. The number of hydrogen-bond donors (Lipinski definition) is 1. The predicted octanol–water partition coefficient (Wildman–Crippen LogP) is 2.49. The van der Waals surface area contributed by atoms with Crippen LogP contribution in [0.3, 0.4) is 0 Å². The van der Waals surface area contributed by atoms with Crippen LogP contribution in [0.1, 0.15) is 30.2 Å². The third kappa shape index (κ3) is 4.44. The van der Waals surface area contributed by atoms with Crippen molar-refractivity contribution < 1.29 is 9.47 Å². The van der Waals surface area contributed by atoms with Crippen LogP contribution >= 0.6 is 0 Å². The fourth-order valence-electron chi connectivity index (χ4n) is 3.43. The quantitative estimate of drug-likeness (QED) is 0.848. The van der Waals surface area contributed by atoms with Gasteiger partial charge in [-0.1, -0.05) is 30.3 Å². The van der Waals surface area contributed by atoms with Gasteiger partial charge in [0.2, 0.25) is 0 Å². The first-order valence-electron chi connectivity index (χ1n) is 8.63. The monoisotopic (exact) mass is 329 g/mol. The van der Waals surface area contributed by atoms with Gasteiger partial charge < -0.3 is 19.4 Å². The summed E-state index contributed by atoms with van der Waals surface area (Å²) in [6.07, 6.45) is 6.83. The van der Waals surface area contributed by atoms with E-state index in [4.69, 9.17) is 9.47 Å². The fraction of sp³-hybridized carbons (Fsp3) is 0.526. The van der Waals surface area contributed by atoms with E-state index in [0.29, 0.717) is 18.7 Å². The molecule has 0 spiro atoms. The number of rotatable bonds is 7. The molecular weight excluding hydrogens is 302 g/mol. The molecule has 3 atom stereocenters. The predicted molar refractivity (Wildman–Crippen MR) is 93.9 cm³/mol. The zero-order valence-corrected chi connectivity index (χ0v) is 14.5. The summed E-state index contributed by atoms with van der Waals surface area (Å²) < 4.78 is 13.4. The van der Waals surface area contributed by atoms with Gasteiger partial charge in [0.05, 0.1) is 24.8 Å². The van der Waals surface area contributed by atoms with Crippen LogP contribution in [0, 0.1) is 0 Å². The summed E-state index contributed by atoms with van der Waals surface area (Å²) in [6, 6.07) is 11.3.